The van der Waals surface area contributed by atoms with Gasteiger partial charge in [-0.05, 0) is 29.1 Å². The van der Waals surface area contributed by atoms with Gasteiger partial charge in [0.15, 0.2) is 9.84 Å². The predicted molar refractivity (Wildman–Crippen MR) is 102 cm³/mol. The van der Waals surface area contributed by atoms with Crippen LogP contribution in [0.3, 0.4) is 0 Å². The highest BCUT2D eigenvalue weighted by Gasteiger charge is 2.31. The summed E-state index contributed by atoms with van der Waals surface area (Å²) >= 11 is 6.96. The maximum Gasteiger partial charge on any atom is 0.309 e. The molecule has 9 heteroatoms. The molecule has 0 saturated carbocycles. The number of amides is 2. The average molecular weight is 413 g/mol. The van der Waals surface area contributed by atoms with Crippen LogP contribution < -0.4 is 10.6 Å². The molecule has 138 valence electrons. The van der Waals surface area contributed by atoms with Gasteiger partial charge in [0.25, 0.3) is 0 Å². The molecule has 1 aromatic carbocycles. The summed E-state index contributed by atoms with van der Waals surface area (Å²) in [5.74, 6) is -1.76. The number of carbonyl (C=O) groups is 2. The highest BCUT2D eigenvalue weighted by Crippen LogP contribution is 2.31. The Morgan fingerprint density at radius 3 is 2.38 bits per heavy atom. The molecule has 1 atom stereocenters. The van der Waals surface area contributed by atoms with E-state index in [1.54, 1.807) is 35.7 Å². The Morgan fingerprint density at radius 2 is 1.81 bits per heavy atom. The van der Waals surface area contributed by atoms with Gasteiger partial charge in [-0.2, -0.15) is 0 Å². The van der Waals surface area contributed by atoms with E-state index < -0.39 is 26.9 Å². The van der Waals surface area contributed by atoms with Gasteiger partial charge in [0, 0.05) is 18.1 Å². The fourth-order valence-corrected chi connectivity index (χ4v) is 5.15. The largest absolute Gasteiger partial charge is 0.346 e. The molecule has 0 saturated heterocycles. The molecule has 2 N–H and O–H groups in total. The molecule has 2 amide bonds. The molecule has 0 radical (unpaired) electrons. The van der Waals surface area contributed by atoms with Crippen molar-refractivity contribution in [3.05, 3.63) is 65.0 Å². The molecule has 1 aromatic heterocycles. The van der Waals surface area contributed by atoms with E-state index in [-0.39, 0.29) is 17.3 Å². The van der Waals surface area contributed by atoms with E-state index in [9.17, 15) is 18.0 Å². The highest BCUT2D eigenvalue weighted by atomic mass is 35.5. The number of rotatable bonds is 7. The Hall–Kier alpha value is -2.16. The quantitative estimate of drug-likeness (QED) is 0.539. The summed E-state index contributed by atoms with van der Waals surface area (Å²) in [7, 11) is -3.75. The maximum absolute atomic E-state index is 12.9. The van der Waals surface area contributed by atoms with Gasteiger partial charge < -0.3 is 10.6 Å². The zero-order chi connectivity index (χ0) is 19.2. The lowest BCUT2D eigenvalue weighted by atomic mass is 10.1. The van der Waals surface area contributed by atoms with Crippen LogP contribution in [0.4, 0.5) is 0 Å². The van der Waals surface area contributed by atoms with Gasteiger partial charge in [0.05, 0.1) is 0 Å². The van der Waals surface area contributed by atoms with Gasteiger partial charge in [-0.1, -0.05) is 35.9 Å². The lowest BCUT2D eigenvalue weighted by Gasteiger charge is -2.18. The van der Waals surface area contributed by atoms with E-state index in [2.05, 4.69) is 17.2 Å². The number of benzene rings is 1. The maximum atomic E-state index is 12.9. The van der Waals surface area contributed by atoms with Crippen molar-refractivity contribution in [2.24, 2.45) is 0 Å². The van der Waals surface area contributed by atoms with Gasteiger partial charge in [0.2, 0.25) is 0 Å². The van der Waals surface area contributed by atoms with Crippen LogP contribution in [0.25, 0.3) is 0 Å². The molecule has 0 aliphatic rings. The summed E-state index contributed by atoms with van der Waals surface area (Å²) in [5, 5.41) is 5.79. The smallest absolute Gasteiger partial charge is 0.309 e. The summed E-state index contributed by atoms with van der Waals surface area (Å²) in [6.45, 7) is 3.33. The first-order chi connectivity index (χ1) is 12.4. The minimum atomic E-state index is -3.75. The third-order valence-corrected chi connectivity index (χ3v) is 7.24. The Labute approximate surface area is 160 Å². The van der Waals surface area contributed by atoms with Crippen LogP contribution >= 0.6 is 22.9 Å². The van der Waals surface area contributed by atoms with E-state index in [0.29, 0.717) is 10.6 Å². The number of halogens is 1. The first-order valence-electron chi connectivity index (χ1n) is 7.56. The minimum Gasteiger partial charge on any atom is -0.346 e. The van der Waals surface area contributed by atoms with Gasteiger partial charge in [-0.15, -0.1) is 17.9 Å². The molecule has 6 nitrogen and oxygen atoms in total. The summed E-state index contributed by atoms with van der Waals surface area (Å²) in [6.07, 6.45) is 1.43. The number of hydrogen-bond donors (Lipinski definition) is 2. The lowest BCUT2D eigenvalue weighted by molar-refractivity contribution is -0.139. The van der Waals surface area contributed by atoms with Crippen LogP contribution in [-0.4, -0.2) is 33.3 Å². The minimum absolute atomic E-state index is 0.139. The van der Waals surface area contributed by atoms with Crippen LogP contribution in [-0.2, 0) is 19.4 Å². The Kier molecular flexibility index (Phi) is 6.96. The summed E-state index contributed by atoms with van der Waals surface area (Å²) in [6, 6.07) is 9.46. The molecule has 0 bridgehead atoms. The van der Waals surface area contributed by atoms with Crippen molar-refractivity contribution in [2.75, 3.05) is 13.1 Å². The third-order valence-electron chi connectivity index (χ3n) is 3.45. The Morgan fingerprint density at radius 1 is 1.15 bits per heavy atom. The van der Waals surface area contributed by atoms with Gasteiger partial charge in [-0.25, -0.2) is 8.42 Å². The second-order valence-corrected chi connectivity index (χ2v) is 8.97. The van der Waals surface area contributed by atoms with E-state index in [1.807, 2.05) is 0 Å². The zero-order valence-electron chi connectivity index (χ0n) is 13.6. The summed E-state index contributed by atoms with van der Waals surface area (Å²) in [5.41, 5.74) is 0.467. The molecular formula is C17H17ClN2O4S2. The van der Waals surface area contributed by atoms with Crippen molar-refractivity contribution >= 4 is 44.6 Å². The van der Waals surface area contributed by atoms with Crippen LogP contribution in [0.5, 0.6) is 0 Å². The van der Waals surface area contributed by atoms with E-state index >= 15 is 0 Å². The van der Waals surface area contributed by atoms with Crippen molar-refractivity contribution in [2.45, 2.75) is 9.46 Å². The molecule has 0 spiro atoms. The van der Waals surface area contributed by atoms with Gasteiger partial charge in [0.1, 0.15) is 9.46 Å². The Balaban J connectivity index is 2.24. The fourth-order valence-electron chi connectivity index (χ4n) is 2.16. The molecule has 2 rings (SSSR count). The molecule has 2 aromatic rings. The van der Waals surface area contributed by atoms with Crippen LogP contribution in [0.15, 0.2) is 58.6 Å². The van der Waals surface area contributed by atoms with E-state index in [4.69, 9.17) is 11.6 Å². The number of hydrogen-bond acceptors (Lipinski definition) is 5. The topological polar surface area (TPSA) is 92.3 Å². The number of sulfone groups is 1. The first-order valence-corrected chi connectivity index (χ1v) is 10.4. The number of thiophene rings is 1. The first kappa shape index (κ1) is 20.2. The van der Waals surface area contributed by atoms with Crippen molar-refractivity contribution in [1.82, 2.24) is 10.6 Å². The van der Waals surface area contributed by atoms with Crippen LogP contribution in [0.1, 0.15) is 10.8 Å². The lowest BCUT2D eigenvalue weighted by Crippen LogP contribution is -2.42. The fraction of sp³-hybridized carbons (Fsp3) is 0.176. The van der Waals surface area contributed by atoms with Crippen molar-refractivity contribution < 1.29 is 18.0 Å². The van der Waals surface area contributed by atoms with E-state index in [0.717, 1.165) is 11.3 Å². The summed E-state index contributed by atoms with van der Waals surface area (Å²) in [4.78, 5) is 23.5. The molecular weight excluding hydrogens is 396 g/mol. The van der Waals surface area contributed by atoms with Crippen molar-refractivity contribution in [3.8, 4) is 0 Å². The van der Waals surface area contributed by atoms with Crippen molar-refractivity contribution in [1.29, 1.82) is 0 Å². The Bertz CT molecular complexity index is 878. The van der Waals surface area contributed by atoms with Gasteiger partial charge >= 0.3 is 11.8 Å². The standard InChI is InChI=1S/C17H17ClN2O4S2/c1-2-9-19-16(21)17(22)20-11-14(12-5-7-13(18)8-6-12)26(23,24)15-4-3-10-25-15/h2-8,10,14H,1,9,11H2,(H,19,21)(H,20,22)/t14-/m0/s1. The van der Waals surface area contributed by atoms with Crippen LogP contribution in [0.2, 0.25) is 5.02 Å². The normalized spacial score (nSPS) is 12.2. The molecule has 1 heterocycles. The second kappa shape index (κ2) is 8.98. The molecule has 26 heavy (non-hydrogen) atoms. The molecule has 0 unspecified atom stereocenters. The van der Waals surface area contributed by atoms with Crippen molar-refractivity contribution in [3.63, 3.8) is 0 Å². The van der Waals surface area contributed by atoms with Crippen LogP contribution in [0, 0.1) is 0 Å². The number of nitrogens with one attached hydrogen (secondary N) is 2. The van der Waals surface area contributed by atoms with E-state index in [1.165, 1.54) is 12.1 Å². The monoisotopic (exact) mass is 412 g/mol. The molecule has 0 fully saturated rings. The predicted octanol–water partition coefficient (Wildman–Crippen LogP) is 2.33. The SMILES string of the molecule is C=CCNC(=O)C(=O)NC[C@@H](c1ccc(Cl)cc1)S(=O)(=O)c1cccs1. The average Bonchev–Trinajstić information content (AvgIpc) is 3.16. The molecule has 0 aliphatic carbocycles. The number of carbonyl (C=O) groups excluding carboxylic acids is 2. The molecule has 0 aliphatic heterocycles. The highest BCUT2D eigenvalue weighted by molar-refractivity contribution is 7.93. The summed E-state index contributed by atoms with van der Waals surface area (Å²) < 4.78 is 26.1. The zero-order valence-corrected chi connectivity index (χ0v) is 16.0. The van der Waals surface area contributed by atoms with Gasteiger partial charge in [-0.3, -0.25) is 9.59 Å². The second-order valence-electron chi connectivity index (χ2n) is 5.23. The third kappa shape index (κ3) is 4.94.